The van der Waals surface area contributed by atoms with Gasteiger partial charge in [-0.25, -0.2) is 4.79 Å². The summed E-state index contributed by atoms with van der Waals surface area (Å²) in [6.45, 7) is 0. The molecule has 4 nitrogen and oxygen atoms in total. The summed E-state index contributed by atoms with van der Waals surface area (Å²) in [5.74, 6) is 5.18. The lowest BCUT2D eigenvalue weighted by Gasteiger charge is -2.07. The molecule has 3 aromatic carbocycles. The van der Waals surface area contributed by atoms with Gasteiger partial charge in [-0.3, -0.25) is 4.79 Å². The van der Waals surface area contributed by atoms with Gasteiger partial charge in [-0.15, -0.1) is 0 Å². The van der Waals surface area contributed by atoms with Crippen LogP contribution in [0.3, 0.4) is 0 Å². The summed E-state index contributed by atoms with van der Waals surface area (Å²) in [7, 11) is 0. The van der Waals surface area contributed by atoms with Gasteiger partial charge in [0.1, 0.15) is 0 Å². The van der Waals surface area contributed by atoms with Crippen LogP contribution in [0.4, 0.5) is 5.69 Å². The number of unbranched alkanes of at least 4 members (excludes halogenated alkanes) is 3. The number of nitrogens with one attached hydrogen (secondary N) is 1. The third kappa shape index (κ3) is 5.95. The number of benzene rings is 3. The zero-order chi connectivity index (χ0) is 20.5. The molecule has 1 amide bonds. The minimum Gasteiger partial charge on any atom is -0.478 e. The first kappa shape index (κ1) is 20.2. The summed E-state index contributed by atoms with van der Waals surface area (Å²) < 4.78 is 0. The van der Waals surface area contributed by atoms with Crippen LogP contribution < -0.4 is 5.32 Å². The third-order valence-corrected chi connectivity index (χ3v) is 4.62. The number of carbonyl (C=O) groups excluding carboxylic acids is 1. The maximum atomic E-state index is 12.0. The van der Waals surface area contributed by atoms with Crippen LogP contribution in [-0.4, -0.2) is 17.0 Å². The normalized spacial score (nSPS) is 10.2. The molecule has 2 N–H and O–H groups in total. The predicted octanol–water partition coefficient (Wildman–Crippen LogP) is 5.48. The van der Waals surface area contributed by atoms with Crippen molar-refractivity contribution in [1.29, 1.82) is 0 Å². The molecular weight excluding hydrogens is 362 g/mol. The summed E-state index contributed by atoms with van der Waals surface area (Å²) in [4.78, 5) is 23.2. The molecule has 0 aliphatic heterocycles. The Morgan fingerprint density at radius 1 is 0.862 bits per heavy atom. The van der Waals surface area contributed by atoms with Crippen LogP contribution in [0.2, 0.25) is 0 Å². The van der Waals surface area contributed by atoms with E-state index in [1.165, 1.54) is 16.8 Å². The van der Waals surface area contributed by atoms with Crippen LogP contribution in [0, 0.1) is 11.8 Å². The summed E-state index contributed by atoms with van der Waals surface area (Å²) in [6, 6.07) is 20.9. The van der Waals surface area contributed by atoms with E-state index in [1.54, 1.807) is 18.2 Å². The molecule has 0 radical (unpaired) electrons. The van der Waals surface area contributed by atoms with E-state index in [9.17, 15) is 9.59 Å². The zero-order valence-electron chi connectivity index (χ0n) is 16.2. The number of carboxylic acids is 1. The summed E-state index contributed by atoms with van der Waals surface area (Å²) in [5, 5.41) is 14.2. The first-order valence-corrected chi connectivity index (χ1v) is 9.73. The SMILES string of the molecule is O=C(CCCCCC#Cc1ccc2ccccc2c1)Nc1ccccc1C(=O)O. The summed E-state index contributed by atoms with van der Waals surface area (Å²) in [5.41, 5.74) is 1.45. The van der Waals surface area contributed by atoms with Crippen molar-refractivity contribution in [2.24, 2.45) is 0 Å². The molecule has 0 aliphatic rings. The topological polar surface area (TPSA) is 66.4 Å². The molecule has 3 aromatic rings. The molecule has 0 spiro atoms. The highest BCUT2D eigenvalue weighted by atomic mass is 16.4. The monoisotopic (exact) mass is 385 g/mol. The molecule has 0 bridgehead atoms. The second-order valence-corrected chi connectivity index (χ2v) is 6.82. The van der Waals surface area contributed by atoms with Crippen molar-refractivity contribution in [3.8, 4) is 11.8 Å². The second kappa shape index (κ2) is 10.1. The quantitative estimate of drug-likeness (QED) is 0.418. The van der Waals surface area contributed by atoms with Gasteiger partial charge in [0, 0.05) is 18.4 Å². The Morgan fingerprint density at radius 3 is 2.45 bits per heavy atom. The van der Waals surface area contributed by atoms with Crippen LogP contribution in [0.5, 0.6) is 0 Å². The van der Waals surface area contributed by atoms with E-state index < -0.39 is 5.97 Å². The van der Waals surface area contributed by atoms with Crippen LogP contribution in [0.25, 0.3) is 10.8 Å². The largest absolute Gasteiger partial charge is 0.478 e. The maximum Gasteiger partial charge on any atom is 0.337 e. The summed E-state index contributed by atoms with van der Waals surface area (Å²) >= 11 is 0. The van der Waals surface area contributed by atoms with Gasteiger partial charge in [0.2, 0.25) is 5.91 Å². The van der Waals surface area contributed by atoms with E-state index >= 15 is 0 Å². The first-order valence-electron chi connectivity index (χ1n) is 9.73. The number of fused-ring (bicyclic) bond motifs is 1. The molecule has 0 saturated heterocycles. The van der Waals surface area contributed by atoms with E-state index in [0.29, 0.717) is 12.1 Å². The van der Waals surface area contributed by atoms with E-state index in [0.717, 1.165) is 31.2 Å². The van der Waals surface area contributed by atoms with Crippen molar-refractivity contribution in [1.82, 2.24) is 0 Å². The third-order valence-electron chi connectivity index (χ3n) is 4.62. The minimum absolute atomic E-state index is 0.102. The van der Waals surface area contributed by atoms with Crippen molar-refractivity contribution in [2.45, 2.75) is 32.1 Å². The van der Waals surface area contributed by atoms with Crippen molar-refractivity contribution in [3.05, 3.63) is 77.9 Å². The van der Waals surface area contributed by atoms with Gasteiger partial charge in [0.15, 0.2) is 0 Å². The van der Waals surface area contributed by atoms with E-state index in [-0.39, 0.29) is 11.5 Å². The number of hydrogen-bond donors (Lipinski definition) is 2. The maximum absolute atomic E-state index is 12.0. The highest BCUT2D eigenvalue weighted by molar-refractivity contribution is 6.00. The highest BCUT2D eigenvalue weighted by Gasteiger charge is 2.11. The number of hydrogen-bond acceptors (Lipinski definition) is 2. The number of aromatic carboxylic acids is 1. The van der Waals surface area contributed by atoms with Crippen molar-refractivity contribution < 1.29 is 14.7 Å². The molecule has 29 heavy (non-hydrogen) atoms. The number of carboxylic acid groups (broad SMARTS) is 1. The van der Waals surface area contributed by atoms with Crippen molar-refractivity contribution >= 4 is 28.3 Å². The fraction of sp³-hybridized carbons (Fsp3) is 0.200. The molecule has 0 unspecified atom stereocenters. The number of para-hydroxylation sites is 1. The van der Waals surface area contributed by atoms with Gasteiger partial charge in [-0.2, -0.15) is 0 Å². The Labute approximate surface area is 170 Å². The van der Waals surface area contributed by atoms with Gasteiger partial charge in [-0.05, 0) is 47.9 Å². The Kier molecular flexibility index (Phi) is 7.02. The lowest BCUT2D eigenvalue weighted by Crippen LogP contribution is -2.14. The smallest absolute Gasteiger partial charge is 0.337 e. The number of carbonyl (C=O) groups is 2. The van der Waals surface area contributed by atoms with Gasteiger partial charge in [0.05, 0.1) is 11.3 Å². The Balaban J connectivity index is 1.38. The van der Waals surface area contributed by atoms with Gasteiger partial charge in [0.25, 0.3) is 0 Å². The number of rotatable bonds is 7. The van der Waals surface area contributed by atoms with E-state index in [2.05, 4.69) is 41.4 Å². The standard InChI is InChI=1S/C25H23NO3/c27-24(26-23-14-9-8-13-22(23)25(28)29)15-5-3-1-2-4-10-19-16-17-20-11-6-7-12-21(20)18-19/h6-9,11-14,16-18H,1-3,5,15H2,(H,26,27)(H,28,29). The average Bonchev–Trinajstić information content (AvgIpc) is 2.73. The zero-order valence-corrected chi connectivity index (χ0v) is 16.2. The van der Waals surface area contributed by atoms with Crippen LogP contribution in [0.1, 0.15) is 48.0 Å². The Bertz CT molecular complexity index is 1080. The molecule has 0 fully saturated rings. The molecule has 0 heterocycles. The fourth-order valence-electron chi connectivity index (χ4n) is 3.10. The number of anilines is 1. The molecule has 0 aliphatic carbocycles. The lowest BCUT2D eigenvalue weighted by molar-refractivity contribution is -0.116. The van der Waals surface area contributed by atoms with Crippen molar-refractivity contribution in [3.63, 3.8) is 0 Å². The van der Waals surface area contributed by atoms with E-state index in [4.69, 9.17) is 5.11 Å². The van der Waals surface area contributed by atoms with Gasteiger partial charge < -0.3 is 10.4 Å². The van der Waals surface area contributed by atoms with Crippen LogP contribution in [0.15, 0.2) is 66.7 Å². The summed E-state index contributed by atoms with van der Waals surface area (Å²) in [6.07, 6.45) is 3.74. The van der Waals surface area contributed by atoms with E-state index in [1.807, 2.05) is 18.2 Å². The van der Waals surface area contributed by atoms with Gasteiger partial charge in [-0.1, -0.05) is 60.7 Å². The molecule has 146 valence electrons. The first-order chi connectivity index (χ1) is 14.1. The fourth-order valence-corrected chi connectivity index (χ4v) is 3.10. The predicted molar refractivity (Wildman–Crippen MR) is 116 cm³/mol. The minimum atomic E-state index is -1.05. The van der Waals surface area contributed by atoms with Gasteiger partial charge >= 0.3 is 5.97 Å². The van der Waals surface area contributed by atoms with Crippen molar-refractivity contribution in [2.75, 3.05) is 5.32 Å². The Morgan fingerprint density at radius 2 is 1.62 bits per heavy atom. The molecule has 4 heteroatoms. The molecular formula is C25H23NO3. The van der Waals surface area contributed by atoms with Crippen LogP contribution in [-0.2, 0) is 4.79 Å². The second-order valence-electron chi connectivity index (χ2n) is 6.82. The lowest BCUT2D eigenvalue weighted by atomic mass is 10.1. The Hall–Kier alpha value is -3.58. The molecule has 3 rings (SSSR count). The highest BCUT2D eigenvalue weighted by Crippen LogP contribution is 2.16. The molecule has 0 saturated carbocycles. The average molecular weight is 385 g/mol. The molecule has 0 atom stereocenters. The van der Waals surface area contributed by atoms with Crippen LogP contribution >= 0.6 is 0 Å². The number of amides is 1. The molecule has 0 aromatic heterocycles.